The normalized spacial score (nSPS) is 10.2. The molecule has 2 rings (SSSR count). The molecule has 1 heterocycles. The predicted octanol–water partition coefficient (Wildman–Crippen LogP) is 2.15. The van der Waals surface area contributed by atoms with E-state index in [2.05, 4.69) is 31.4 Å². The quantitative estimate of drug-likeness (QED) is 0.794. The lowest BCUT2D eigenvalue weighted by Gasteiger charge is -2.05. The molecule has 1 aromatic carbocycles. The highest BCUT2D eigenvalue weighted by Crippen LogP contribution is 2.20. The number of amides is 1. The molecule has 0 saturated carbocycles. The van der Waals surface area contributed by atoms with Crippen molar-refractivity contribution in [1.29, 1.82) is 0 Å². The van der Waals surface area contributed by atoms with Crippen LogP contribution in [0.2, 0.25) is 0 Å². The molecule has 7 heteroatoms. The largest absolute Gasteiger partial charge is 0.383 e. The fourth-order valence-corrected chi connectivity index (χ4v) is 1.63. The molecule has 0 unspecified atom stereocenters. The Balaban J connectivity index is 2.19. The van der Waals surface area contributed by atoms with Crippen LogP contribution in [-0.4, -0.2) is 16.1 Å². The van der Waals surface area contributed by atoms with Crippen molar-refractivity contribution >= 4 is 33.3 Å². The average molecular weight is 299 g/mol. The minimum atomic E-state index is -0.408. The summed E-state index contributed by atoms with van der Waals surface area (Å²) in [5.41, 5.74) is 6.20. The summed E-state index contributed by atoms with van der Waals surface area (Å²) in [5.74, 6) is -0.621. The van der Waals surface area contributed by atoms with Crippen LogP contribution in [0.3, 0.4) is 0 Å². The topological polar surface area (TPSA) is 83.8 Å². The van der Waals surface area contributed by atoms with Gasteiger partial charge >= 0.3 is 0 Å². The maximum absolute atomic E-state index is 13.0. The molecule has 0 aliphatic rings. The van der Waals surface area contributed by atoms with Gasteiger partial charge in [-0.25, -0.2) is 4.39 Å². The van der Waals surface area contributed by atoms with E-state index in [1.165, 1.54) is 24.4 Å². The van der Waals surface area contributed by atoms with Crippen molar-refractivity contribution in [2.24, 2.45) is 0 Å². The van der Waals surface area contributed by atoms with Gasteiger partial charge in [-0.15, -0.1) is 0 Å². The number of H-pyrrole nitrogens is 1. The summed E-state index contributed by atoms with van der Waals surface area (Å²) >= 11 is 3.03. The average Bonchev–Trinajstić information content (AvgIpc) is 2.70. The Kier molecular flexibility index (Phi) is 3.10. The Bertz CT molecular complexity index is 569. The molecular weight excluding hydrogens is 291 g/mol. The molecule has 1 amide bonds. The van der Waals surface area contributed by atoms with Crippen LogP contribution >= 0.6 is 15.9 Å². The number of halogens is 2. The van der Waals surface area contributed by atoms with Crippen LogP contribution < -0.4 is 11.1 Å². The molecule has 88 valence electrons. The van der Waals surface area contributed by atoms with Gasteiger partial charge < -0.3 is 11.1 Å². The highest BCUT2D eigenvalue weighted by molar-refractivity contribution is 9.10. The first kappa shape index (κ1) is 11.6. The molecule has 4 N–H and O–H groups in total. The van der Waals surface area contributed by atoms with Crippen molar-refractivity contribution in [1.82, 2.24) is 10.2 Å². The number of nitrogen functional groups attached to an aromatic ring is 1. The zero-order chi connectivity index (χ0) is 12.4. The van der Waals surface area contributed by atoms with Crippen LogP contribution in [0.5, 0.6) is 0 Å². The first-order chi connectivity index (χ1) is 8.08. The third kappa shape index (κ3) is 2.44. The van der Waals surface area contributed by atoms with Gasteiger partial charge in [0.05, 0.1) is 10.7 Å². The zero-order valence-electron chi connectivity index (χ0n) is 8.50. The van der Waals surface area contributed by atoms with Gasteiger partial charge in [-0.05, 0) is 34.1 Å². The number of carbonyl (C=O) groups is 1. The van der Waals surface area contributed by atoms with Crippen LogP contribution in [0.4, 0.5) is 15.9 Å². The zero-order valence-corrected chi connectivity index (χ0v) is 10.1. The molecule has 0 bridgehead atoms. The van der Waals surface area contributed by atoms with Gasteiger partial charge in [-0.1, -0.05) is 0 Å². The lowest BCUT2D eigenvalue weighted by atomic mass is 10.2. The van der Waals surface area contributed by atoms with E-state index >= 15 is 0 Å². The van der Waals surface area contributed by atoms with Gasteiger partial charge in [0.2, 0.25) is 0 Å². The summed E-state index contributed by atoms with van der Waals surface area (Å²) in [6.45, 7) is 0. The highest BCUT2D eigenvalue weighted by Gasteiger charge is 2.12. The fraction of sp³-hybridized carbons (Fsp3) is 0. The minimum absolute atomic E-state index is 0.184. The van der Waals surface area contributed by atoms with Gasteiger partial charge in [-0.3, -0.25) is 9.89 Å². The number of nitrogens with two attached hydrogens (primary N) is 1. The highest BCUT2D eigenvalue weighted by atomic mass is 79.9. The molecule has 0 saturated heterocycles. The Labute approximate surface area is 104 Å². The number of nitrogens with one attached hydrogen (secondary N) is 2. The molecule has 1 aromatic heterocycles. The van der Waals surface area contributed by atoms with Gasteiger partial charge in [0.1, 0.15) is 17.2 Å². The number of benzene rings is 1. The predicted molar refractivity (Wildman–Crippen MR) is 65.1 cm³/mol. The van der Waals surface area contributed by atoms with Crippen LogP contribution in [0, 0.1) is 5.82 Å². The monoisotopic (exact) mass is 298 g/mol. The first-order valence-corrected chi connectivity index (χ1v) is 5.42. The van der Waals surface area contributed by atoms with Crippen LogP contribution in [0.15, 0.2) is 28.9 Å². The number of aromatic nitrogens is 2. The molecule has 0 atom stereocenters. The molecular formula is C10H8BrFN4O. The SMILES string of the molecule is Nc1[nH]ncc1C(=O)Nc1ccc(F)c(Br)c1. The number of carbonyl (C=O) groups excluding carboxylic acids is 1. The second kappa shape index (κ2) is 4.54. The lowest BCUT2D eigenvalue weighted by molar-refractivity contribution is 0.102. The summed E-state index contributed by atoms with van der Waals surface area (Å²) < 4.78 is 13.3. The van der Waals surface area contributed by atoms with Crippen molar-refractivity contribution < 1.29 is 9.18 Å². The second-order valence-electron chi connectivity index (χ2n) is 3.28. The number of hydrogen-bond acceptors (Lipinski definition) is 3. The smallest absolute Gasteiger partial charge is 0.261 e. The van der Waals surface area contributed by atoms with Gasteiger partial charge in [-0.2, -0.15) is 5.10 Å². The Morgan fingerprint density at radius 1 is 1.53 bits per heavy atom. The van der Waals surface area contributed by atoms with E-state index in [0.717, 1.165) is 0 Å². The molecule has 2 aromatic rings. The van der Waals surface area contributed by atoms with E-state index < -0.39 is 11.7 Å². The van der Waals surface area contributed by atoms with Gasteiger partial charge in [0.15, 0.2) is 0 Å². The third-order valence-corrected chi connectivity index (χ3v) is 2.70. The van der Waals surface area contributed by atoms with E-state index in [9.17, 15) is 9.18 Å². The number of hydrogen-bond donors (Lipinski definition) is 3. The van der Waals surface area contributed by atoms with E-state index in [1.807, 2.05) is 0 Å². The third-order valence-electron chi connectivity index (χ3n) is 2.09. The van der Waals surface area contributed by atoms with Crippen molar-refractivity contribution in [2.45, 2.75) is 0 Å². The molecule has 0 radical (unpaired) electrons. The summed E-state index contributed by atoms with van der Waals surface area (Å²) in [4.78, 5) is 11.7. The molecule has 5 nitrogen and oxygen atoms in total. The number of aromatic amines is 1. The summed E-state index contributed by atoms with van der Waals surface area (Å²) in [5, 5.41) is 8.67. The molecule has 17 heavy (non-hydrogen) atoms. The van der Waals surface area contributed by atoms with Gasteiger partial charge in [0.25, 0.3) is 5.91 Å². The first-order valence-electron chi connectivity index (χ1n) is 4.63. The van der Waals surface area contributed by atoms with Crippen molar-refractivity contribution in [3.8, 4) is 0 Å². The van der Waals surface area contributed by atoms with Crippen molar-refractivity contribution in [2.75, 3.05) is 11.1 Å². The standard InChI is InChI=1S/C10H8BrFN4O/c11-7-3-5(1-2-8(7)12)15-10(17)6-4-14-16-9(6)13/h1-4H,(H,15,17)(H3,13,14,16). The number of rotatable bonds is 2. The van der Waals surface area contributed by atoms with Crippen LogP contribution in [-0.2, 0) is 0 Å². The maximum atomic E-state index is 13.0. The minimum Gasteiger partial charge on any atom is -0.383 e. The Hall–Kier alpha value is -1.89. The molecule has 0 fully saturated rings. The molecule has 0 aliphatic carbocycles. The van der Waals surface area contributed by atoms with E-state index in [1.54, 1.807) is 0 Å². The van der Waals surface area contributed by atoms with Crippen LogP contribution in [0.1, 0.15) is 10.4 Å². The lowest BCUT2D eigenvalue weighted by Crippen LogP contribution is -2.13. The van der Waals surface area contributed by atoms with E-state index in [0.29, 0.717) is 5.69 Å². The van der Waals surface area contributed by atoms with Crippen LogP contribution in [0.25, 0.3) is 0 Å². The fourth-order valence-electron chi connectivity index (χ4n) is 1.25. The second-order valence-corrected chi connectivity index (χ2v) is 4.13. The van der Waals surface area contributed by atoms with Crippen molar-refractivity contribution in [3.63, 3.8) is 0 Å². The Morgan fingerprint density at radius 2 is 2.29 bits per heavy atom. The number of nitrogens with zero attached hydrogens (tertiary/aromatic N) is 1. The molecule has 0 aliphatic heterocycles. The maximum Gasteiger partial charge on any atom is 0.261 e. The van der Waals surface area contributed by atoms with E-state index in [-0.39, 0.29) is 15.9 Å². The van der Waals surface area contributed by atoms with E-state index in [4.69, 9.17) is 5.73 Å². The van der Waals surface area contributed by atoms with Gasteiger partial charge in [0, 0.05) is 5.69 Å². The summed E-state index contributed by atoms with van der Waals surface area (Å²) in [6.07, 6.45) is 1.32. The summed E-state index contributed by atoms with van der Waals surface area (Å²) in [7, 11) is 0. The number of anilines is 2. The summed E-state index contributed by atoms with van der Waals surface area (Å²) in [6, 6.07) is 4.16. The Morgan fingerprint density at radius 3 is 2.88 bits per heavy atom. The van der Waals surface area contributed by atoms with Crippen molar-refractivity contribution in [3.05, 3.63) is 40.2 Å². The molecule has 0 spiro atoms.